The van der Waals surface area contributed by atoms with Crippen molar-refractivity contribution in [2.75, 3.05) is 25.0 Å². The minimum Gasteiger partial charge on any atom is -0.477 e. The summed E-state index contributed by atoms with van der Waals surface area (Å²) in [4.78, 5) is 50.5. The summed E-state index contributed by atoms with van der Waals surface area (Å²) >= 11 is 0. The van der Waals surface area contributed by atoms with E-state index in [9.17, 15) is 19.2 Å². The Morgan fingerprint density at radius 3 is 2.06 bits per heavy atom. The van der Waals surface area contributed by atoms with Crippen molar-refractivity contribution in [1.82, 2.24) is 15.6 Å². The molecular formula is C25H22N4O6. The third-order valence-corrected chi connectivity index (χ3v) is 5.45. The number of carbonyl (C=O) groups excluding carboxylic acids is 3. The molecule has 1 aliphatic rings. The van der Waals surface area contributed by atoms with E-state index in [0.29, 0.717) is 0 Å². The van der Waals surface area contributed by atoms with Gasteiger partial charge in [0.15, 0.2) is 0 Å². The predicted molar refractivity (Wildman–Crippen MR) is 126 cm³/mol. The zero-order chi connectivity index (χ0) is 24.8. The second kappa shape index (κ2) is 10.5. The third kappa shape index (κ3) is 5.61. The summed E-state index contributed by atoms with van der Waals surface area (Å²) in [7, 11) is 0. The molecule has 0 saturated carbocycles. The van der Waals surface area contributed by atoms with Crippen molar-refractivity contribution < 1.29 is 29.0 Å². The highest BCUT2D eigenvalue weighted by Gasteiger charge is 2.29. The zero-order valence-corrected chi connectivity index (χ0v) is 18.5. The quantitative estimate of drug-likeness (QED) is 0.392. The van der Waals surface area contributed by atoms with Crippen molar-refractivity contribution in [2.45, 2.75) is 5.92 Å². The molecule has 1 aromatic heterocycles. The van der Waals surface area contributed by atoms with Crippen LogP contribution < -0.4 is 16.0 Å². The number of aromatic carboxylic acids is 1. The van der Waals surface area contributed by atoms with Crippen LogP contribution in [0.5, 0.6) is 0 Å². The minimum absolute atomic E-state index is 0.0928. The molecule has 3 amide bonds. The molecule has 4 rings (SSSR count). The van der Waals surface area contributed by atoms with E-state index in [0.717, 1.165) is 22.3 Å². The van der Waals surface area contributed by atoms with Crippen LogP contribution in [-0.2, 0) is 14.3 Å². The van der Waals surface area contributed by atoms with E-state index in [1.54, 1.807) is 0 Å². The minimum atomic E-state index is -1.18. The maximum atomic E-state index is 12.1. The first-order valence-electron chi connectivity index (χ1n) is 10.8. The number of carboxylic acids is 1. The number of carboxylic acid groups (broad SMARTS) is 1. The Morgan fingerprint density at radius 1 is 0.829 bits per heavy atom. The number of nitrogens with zero attached hydrogens (tertiary/aromatic N) is 1. The van der Waals surface area contributed by atoms with Crippen LogP contribution in [0.3, 0.4) is 0 Å². The standard InChI is InChI=1S/C25H22N4O6/c30-22(27-13-23(31)29-15-9-10-21(24(32)33)26-11-15)12-28-25(34)35-14-20-18-7-3-1-5-16(18)17-6-2-4-8-19(17)20/h1-11,20H,12-14H2,(H,27,30)(H,28,34)(H,29,31)(H,32,33). The van der Waals surface area contributed by atoms with Gasteiger partial charge in [0.05, 0.1) is 18.4 Å². The number of nitrogens with one attached hydrogen (secondary N) is 3. The maximum Gasteiger partial charge on any atom is 0.407 e. The van der Waals surface area contributed by atoms with E-state index in [1.165, 1.54) is 18.3 Å². The molecule has 0 unspecified atom stereocenters. The third-order valence-electron chi connectivity index (χ3n) is 5.45. The van der Waals surface area contributed by atoms with Gasteiger partial charge in [-0.15, -0.1) is 0 Å². The first-order valence-corrected chi connectivity index (χ1v) is 10.8. The largest absolute Gasteiger partial charge is 0.477 e. The van der Waals surface area contributed by atoms with Gasteiger partial charge < -0.3 is 25.8 Å². The topological polar surface area (TPSA) is 147 Å². The van der Waals surface area contributed by atoms with Crippen LogP contribution >= 0.6 is 0 Å². The highest BCUT2D eigenvalue weighted by molar-refractivity contribution is 5.95. The first kappa shape index (κ1) is 23.4. The molecule has 35 heavy (non-hydrogen) atoms. The summed E-state index contributed by atoms with van der Waals surface area (Å²) < 4.78 is 5.36. The van der Waals surface area contributed by atoms with Crippen LogP contribution in [0.25, 0.3) is 11.1 Å². The highest BCUT2D eigenvalue weighted by Crippen LogP contribution is 2.44. The summed E-state index contributed by atoms with van der Waals surface area (Å²) in [6.45, 7) is -0.580. The van der Waals surface area contributed by atoms with Gasteiger partial charge in [-0.25, -0.2) is 14.6 Å². The molecule has 1 aliphatic carbocycles. The number of aromatic nitrogens is 1. The molecule has 0 radical (unpaired) electrons. The fraction of sp³-hybridized carbons (Fsp3) is 0.160. The monoisotopic (exact) mass is 474 g/mol. The number of fused-ring (bicyclic) bond motifs is 3. The van der Waals surface area contributed by atoms with E-state index < -0.39 is 23.9 Å². The molecule has 0 bridgehead atoms. The van der Waals surface area contributed by atoms with Crippen LogP contribution in [0.1, 0.15) is 27.5 Å². The summed E-state index contributed by atoms with van der Waals surface area (Å²) in [6.07, 6.45) is 0.457. The molecule has 10 nitrogen and oxygen atoms in total. The lowest BCUT2D eigenvalue weighted by Gasteiger charge is -2.14. The van der Waals surface area contributed by atoms with Crippen molar-refractivity contribution in [1.29, 1.82) is 0 Å². The average molecular weight is 474 g/mol. The second-order valence-corrected chi connectivity index (χ2v) is 7.74. The van der Waals surface area contributed by atoms with Crippen molar-refractivity contribution >= 4 is 29.6 Å². The van der Waals surface area contributed by atoms with Gasteiger partial charge in [0, 0.05) is 5.92 Å². The molecule has 1 heterocycles. The molecule has 0 saturated heterocycles. The van der Waals surface area contributed by atoms with Gasteiger partial charge in [-0.1, -0.05) is 48.5 Å². The molecule has 4 N–H and O–H groups in total. The number of anilines is 1. The summed E-state index contributed by atoms with van der Waals surface area (Å²) in [6, 6.07) is 18.6. The van der Waals surface area contributed by atoms with Gasteiger partial charge in [0.1, 0.15) is 18.8 Å². The SMILES string of the molecule is O=C(CNC(=O)OCC1c2ccccc2-c2ccccc21)NCC(=O)Nc1ccc(C(=O)O)nc1. The van der Waals surface area contributed by atoms with E-state index in [1.807, 2.05) is 48.5 Å². The normalized spacial score (nSPS) is 11.7. The van der Waals surface area contributed by atoms with Gasteiger partial charge >= 0.3 is 12.1 Å². The number of benzene rings is 2. The second-order valence-electron chi connectivity index (χ2n) is 7.74. The Kier molecular flexibility index (Phi) is 7.01. The predicted octanol–water partition coefficient (Wildman–Crippen LogP) is 2.37. The number of rotatable bonds is 8. The molecule has 2 aromatic carbocycles. The van der Waals surface area contributed by atoms with Crippen LogP contribution in [0.2, 0.25) is 0 Å². The molecule has 0 atom stereocenters. The Bertz CT molecular complexity index is 1230. The number of alkyl carbamates (subject to hydrolysis) is 1. The molecular weight excluding hydrogens is 452 g/mol. The highest BCUT2D eigenvalue weighted by atomic mass is 16.5. The lowest BCUT2D eigenvalue weighted by atomic mass is 9.98. The Labute approximate surface area is 200 Å². The first-order chi connectivity index (χ1) is 16.9. The summed E-state index contributed by atoms with van der Waals surface area (Å²) in [5.41, 5.74) is 4.52. The lowest BCUT2D eigenvalue weighted by Crippen LogP contribution is -2.40. The fourth-order valence-electron chi connectivity index (χ4n) is 3.84. The summed E-state index contributed by atoms with van der Waals surface area (Å²) in [5, 5.41) is 16.0. The number of carbonyl (C=O) groups is 4. The molecule has 0 spiro atoms. The van der Waals surface area contributed by atoms with Crippen LogP contribution in [0, 0.1) is 0 Å². The van der Waals surface area contributed by atoms with Crippen LogP contribution in [-0.4, -0.2) is 53.7 Å². The van der Waals surface area contributed by atoms with Crippen molar-refractivity contribution in [3.05, 3.63) is 83.7 Å². The summed E-state index contributed by atoms with van der Waals surface area (Å²) in [5.74, 6) is -2.39. The molecule has 178 valence electrons. The van der Waals surface area contributed by atoms with E-state index in [2.05, 4.69) is 20.9 Å². The smallest absolute Gasteiger partial charge is 0.407 e. The molecule has 3 aromatic rings. The Balaban J connectivity index is 1.20. The van der Waals surface area contributed by atoms with Crippen molar-refractivity contribution in [3.63, 3.8) is 0 Å². The van der Waals surface area contributed by atoms with Crippen molar-refractivity contribution in [2.24, 2.45) is 0 Å². The van der Waals surface area contributed by atoms with Crippen LogP contribution in [0.4, 0.5) is 10.5 Å². The van der Waals surface area contributed by atoms with E-state index in [-0.39, 0.29) is 37.0 Å². The molecule has 0 aliphatic heterocycles. The van der Waals surface area contributed by atoms with Crippen LogP contribution in [0.15, 0.2) is 66.9 Å². The van der Waals surface area contributed by atoms with Gasteiger partial charge in [-0.3, -0.25) is 9.59 Å². The fourth-order valence-corrected chi connectivity index (χ4v) is 3.84. The Morgan fingerprint density at radius 2 is 1.46 bits per heavy atom. The van der Waals surface area contributed by atoms with Gasteiger partial charge in [0.2, 0.25) is 11.8 Å². The molecule has 0 fully saturated rings. The molecule has 10 heteroatoms. The maximum absolute atomic E-state index is 12.1. The number of pyridine rings is 1. The Hall–Kier alpha value is -4.73. The number of hydrogen-bond acceptors (Lipinski definition) is 6. The lowest BCUT2D eigenvalue weighted by molar-refractivity contribution is -0.123. The average Bonchev–Trinajstić information content (AvgIpc) is 3.19. The number of ether oxygens (including phenoxy) is 1. The van der Waals surface area contributed by atoms with E-state index in [4.69, 9.17) is 9.84 Å². The van der Waals surface area contributed by atoms with Gasteiger partial charge in [-0.05, 0) is 34.4 Å². The van der Waals surface area contributed by atoms with Crippen molar-refractivity contribution in [3.8, 4) is 11.1 Å². The van der Waals surface area contributed by atoms with Gasteiger partial charge in [-0.2, -0.15) is 0 Å². The number of amides is 3. The van der Waals surface area contributed by atoms with E-state index >= 15 is 0 Å². The number of hydrogen-bond donors (Lipinski definition) is 4. The van der Waals surface area contributed by atoms with Gasteiger partial charge in [0.25, 0.3) is 0 Å². The zero-order valence-electron chi connectivity index (χ0n) is 18.5.